The van der Waals surface area contributed by atoms with Crippen LogP contribution in [-0.4, -0.2) is 47.4 Å². The number of hydrogen-bond donors (Lipinski definition) is 1. The molecular weight excluding hydrogens is 340 g/mol. The largest absolute Gasteiger partial charge is 0.506 e. The van der Waals surface area contributed by atoms with Gasteiger partial charge >= 0.3 is 0 Å². The predicted molar refractivity (Wildman–Crippen MR) is 102 cm³/mol. The van der Waals surface area contributed by atoms with E-state index in [1.807, 2.05) is 17.9 Å². The molecule has 4 atom stereocenters. The zero-order valence-electron chi connectivity index (χ0n) is 15.8. The lowest BCUT2D eigenvalue weighted by atomic mass is 9.56. The highest BCUT2D eigenvalue weighted by molar-refractivity contribution is 5.99. The fraction of sp³-hybridized carbons (Fsp3) is 0.591. The number of anilines is 1. The second kappa shape index (κ2) is 5.15. The Balaban J connectivity index is 1.64. The number of rotatable bonds is 2. The van der Waals surface area contributed by atoms with Gasteiger partial charge in [-0.25, -0.2) is 0 Å². The van der Waals surface area contributed by atoms with Crippen molar-refractivity contribution >= 4 is 11.6 Å². The topological polar surface area (TPSA) is 53.0 Å². The maximum absolute atomic E-state index is 13.2. The number of piperidine rings is 1. The normalized spacial score (nSPS) is 38.4. The molecule has 2 unspecified atom stereocenters. The number of nitrogens with zero attached hydrogens (tertiary/aromatic N) is 2. The van der Waals surface area contributed by atoms with Gasteiger partial charge in [0.15, 0.2) is 5.72 Å². The highest BCUT2D eigenvalue weighted by Crippen LogP contribution is 2.69. The molecule has 1 N–H and O–H groups in total. The molecule has 1 aromatic rings. The van der Waals surface area contributed by atoms with Crippen LogP contribution in [0.15, 0.2) is 29.8 Å². The van der Waals surface area contributed by atoms with Crippen LogP contribution in [0.3, 0.4) is 0 Å². The van der Waals surface area contributed by atoms with Gasteiger partial charge in [-0.2, -0.15) is 0 Å². The Labute approximate surface area is 159 Å². The van der Waals surface area contributed by atoms with Crippen LogP contribution < -0.4 is 4.90 Å². The van der Waals surface area contributed by atoms with Crippen LogP contribution in [0.2, 0.25) is 0 Å². The lowest BCUT2D eigenvalue weighted by molar-refractivity contribution is -0.158. The number of benzene rings is 1. The molecule has 0 aromatic heterocycles. The van der Waals surface area contributed by atoms with Crippen LogP contribution in [0.5, 0.6) is 5.75 Å². The molecule has 2 spiro atoms. The number of fused-ring (bicyclic) bond motifs is 1. The number of carbonyl (C=O) groups excluding carboxylic acids is 1. The summed E-state index contributed by atoms with van der Waals surface area (Å²) in [5.41, 5.74) is 2.64. The maximum Gasteiger partial charge on any atom is 0.227 e. The molecule has 1 saturated carbocycles. The molecule has 142 valence electrons. The number of ether oxygens (including phenoxy) is 1. The van der Waals surface area contributed by atoms with Crippen molar-refractivity contribution in [3.05, 3.63) is 35.4 Å². The van der Waals surface area contributed by atoms with E-state index in [0.717, 1.165) is 50.0 Å². The molecule has 6 rings (SSSR count). The summed E-state index contributed by atoms with van der Waals surface area (Å²) in [5, 5.41) is 10.8. The van der Waals surface area contributed by atoms with Gasteiger partial charge in [0.05, 0.1) is 23.8 Å². The molecule has 4 aliphatic heterocycles. The van der Waals surface area contributed by atoms with E-state index in [9.17, 15) is 9.90 Å². The van der Waals surface area contributed by atoms with Gasteiger partial charge in [0.1, 0.15) is 5.75 Å². The minimum atomic E-state index is -0.414. The van der Waals surface area contributed by atoms with Crippen molar-refractivity contribution in [3.63, 3.8) is 0 Å². The Kier molecular flexibility index (Phi) is 3.08. The second-order valence-corrected chi connectivity index (χ2v) is 8.75. The van der Waals surface area contributed by atoms with E-state index in [0.29, 0.717) is 18.9 Å². The van der Waals surface area contributed by atoms with Gasteiger partial charge in [-0.1, -0.05) is 25.1 Å². The third-order valence-electron chi connectivity index (χ3n) is 7.86. The van der Waals surface area contributed by atoms with Crippen LogP contribution in [0.25, 0.3) is 0 Å². The molecule has 5 nitrogen and oxygen atoms in total. The Morgan fingerprint density at radius 1 is 1.37 bits per heavy atom. The fourth-order valence-corrected chi connectivity index (χ4v) is 7.10. The van der Waals surface area contributed by atoms with E-state index < -0.39 is 5.72 Å². The third-order valence-corrected chi connectivity index (χ3v) is 7.86. The minimum Gasteiger partial charge on any atom is -0.506 e. The zero-order chi connectivity index (χ0) is 18.4. The summed E-state index contributed by atoms with van der Waals surface area (Å²) in [4.78, 5) is 17.7. The number of aromatic hydroxyl groups is 1. The van der Waals surface area contributed by atoms with Crippen LogP contribution in [0.4, 0.5) is 5.69 Å². The molecular formula is C22H26N2O3. The molecule has 0 radical (unpaired) electrons. The molecule has 27 heavy (non-hydrogen) atoms. The predicted octanol–water partition coefficient (Wildman–Crippen LogP) is 2.93. The van der Waals surface area contributed by atoms with Crippen LogP contribution >= 0.6 is 0 Å². The van der Waals surface area contributed by atoms with Crippen molar-refractivity contribution in [1.82, 2.24) is 4.90 Å². The van der Waals surface area contributed by atoms with E-state index >= 15 is 0 Å². The zero-order valence-corrected chi connectivity index (χ0v) is 15.8. The van der Waals surface area contributed by atoms with Crippen molar-refractivity contribution in [2.24, 2.45) is 5.92 Å². The molecule has 2 saturated heterocycles. The molecule has 1 aromatic carbocycles. The smallest absolute Gasteiger partial charge is 0.227 e. The molecule has 1 aliphatic carbocycles. The summed E-state index contributed by atoms with van der Waals surface area (Å²) < 4.78 is 6.61. The number of amides is 1. The second-order valence-electron chi connectivity index (χ2n) is 8.75. The van der Waals surface area contributed by atoms with Crippen molar-refractivity contribution in [3.8, 4) is 5.75 Å². The molecule has 4 heterocycles. The average molecular weight is 366 g/mol. The van der Waals surface area contributed by atoms with E-state index in [2.05, 4.69) is 17.0 Å². The number of carbonyl (C=O) groups is 1. The van der Waals surface area contributed by atoms with Gasteiger partial charge in [0.25, 0.3) is 0 Å². The highest BCUT2D eigenvalue weighted by Gasteiger charge is 2.75. The van der Waals surface area contributed by atoms with Crippen molar-refractivity contribution in [2.75, 3.05) is 24.6 Å². The Morgan fingerprint density at radius 3 is 3.11 bits per heavy atom. The van der Waals surface area contributed by atoms with E-state index in [-0.39, 0.29) is 23.1 Å². The van der Waals surface area contributed by atoms with E-state index in [4.69, 9.17) is 4.74 Å². The lowest BCUT2D eigenvalue weighted by Gasteiger charge is -2.58. The van der Waals surface area contributed by atoms with Gasteiger partial charge < -0.3 is 14.7 Å². The first-order valence-corrected chi connectivity index (χ1v) is 10.4. The Morgan fingerprint density at radius 2 is 2.26 bits per heavy atom. The first-order chi connectivity index (χ1) is 13.1. The first kappa shape index (κ1) is 16.1. The van der Waals surface area contributed by atoms with Gasteiger partial charge in [-0.05, 0) is 48.8 Å². The quantitative estimate of drug-likeness (QED) is 0.818. The maximum atomic E-state index is 13.2. The lowest BCUT2D eigenvalue weighted by Crippen LogP contribution is -2.69. The van der Waals surface area contributed by atoms with Gasteiger partial charge in [0, 0.05) is 19.5 Å². The van der Waals surface area contributed by atoms with Gasteiger partial charge in [0.2, 0.25) is 5.91 Å². The molecule has 1 amide bonds. The van der Waals surface area contributed by atoms with E-state index in [1.165, 1.54) is 5.57 Å². The SMILES string of the molecule is CCCC(=O)N1c2c(O)cccc2C23CCN4CCC(C[C@@H]12)C1=CCO[C@]143. The van der Waals surface area contributed by atoms with Gasteiger partial charge in [-0.3, -0.25) is 9.69 Å². The first-order valence-electron chi connectivity index (χ1n) is 10.4. The number of phenols is 1. The summed E-state index contributed by atoms with van der Waals surface area (Å²) in [6.45, 7) is 4.76. The summed E-state index contributed by atoms with van der Waals surface area (Å²) >= 11 is 0. The van der Waals surface area contributed by atoms with Crippen molar-refractivity contribution in [2.45, 2.75) is 56.2 Å². The fourth-order valence-electron chi connectivity index (χ4n) is 7.10. The molecule has 5 heteroatoms. The van der Waals surface area contributed by atoms with Crippen molar-refractivity contribution in [1.29, 1.82) is 0 Å². The number of hydrogen-bond acceptors (Lipinski definition) is 4. The van der Waals surface area contributed by atoms with Crippen LogP contribution in [0.1, 0.15) is 44.6 Å². The van der Waals surface area contributed by atoms with Crippen LogP contribution in [-0.2, 0) is 14.9 Å². The van der Waals surface area contributed by atoms with Crippen molar-refractivity contribution < 1.29 is 14.6 Å². The molecule has 5 aliphatic rings. The number of phenolic OH excluding ortho intramolecular Hbond substituents is 1. The average Bonchev–Trinajstić information content (AvgIpc) is 3.32. The number of para-hydroxylation sites is 1. The minimum absolute atomic E-state index is 0.0744. The summed E-state index contributed by atoms with van der Waals surface area (Å²) in [7, 11) is 0. The summed E-state index contributed by atoms with van der Waals surface area (Å²) in [5.74, 6) is 0.850. The standard InChI is InChI=1S/C22H26N2O3/c1-2-4-19(26)24-18-13-14-7-10-23-11-9-21(18,22(23)15(14)8-12-27-22)16-5-3-6-17(25)20(16)24/h3,5-6,8,14,18,25H,2,4,7,9-13H2,1H3/t14?,18-,21?,22+/m1/s1. The Hall–Kier alpha value is -1.85. The van der Waals surface area contributed by atoms with Gasteiger partial charge in [-0.15, -0.1) is 0 Å². The Bertz CT molecular complexity index is 880. The third kappa shape index (κ3) is 1.60. The molecule has 3 fully saturated rings. The molecule has 2 bridgehead atoms. The summed E-state index contributed by atoms with van der Waals surface area (Å²) in [6.07, 6.45) is 6.74. The van der Waals surface area contributed by atoms with E-state index in [1.54, 1.807) is 6.07 Å². The highest BCUT2D eigenvalue weighted by atomic mass is 16.5. The van der Waals surface area contributed by atoms with Crippen LogP contribution in [0, 0.1) is 5.92 Å². The summed E-state index contributed by atoms with van der Waals surface area (Å²) in [6, 6.07) is 5.86. The monoisotopic (exact) mass is 366 g/mol.